The molecule has 1 aliphatic rings. The lowest BCUT2D eigenvalue weighted by atomic mass is 9.97. The third-order valence-electron chi connectivity index (χ3n) is 3.82. The highest BCUT2D eigenvalue weighted by molar-refractivity contribution is 5.85. The Morgan fingerprint density at radius 3 is 2.74 bits per heavy atom. The predicted molar refractivity (Wildman–Crippen MR) is 79.1 cm³/mol. The molecule has 1 aromatic heterocycles. The van der Waals surface area contributed by atoms with E-state index in [9.17, 15) is 23.1 Å². The summed E-state index contributed by atoms with van der Waals surface area (Å²) in [5.41, 5.74) is -3.10. The number of nitrogens with one attached hydrogen (secondary N) is 2. The molecule has 0 radical (unpaired) electrons. The summed E-state index contributed by atoms with van der Waals surface area (Å²) in [4.78, 5) is 15.4. The van der Waals surface area contributed by atoms with E-state index in [4.69, 9.17) is 0 Å². The Balaban J connectivity index is 0.00000264. The molecular weight excluding hydrogens is 337 g/mol. The number of aliphatic hydroxyl groups is 1. The van der Waals surface area contributed by atoms with Crippen molar-refractivity contribution in [3.8, 4) is 0 Å². The van der Waals surface area contributed by atoms with Crippen molar-refractivity contribution in [1.29, 1.82) is 0 Å². The molecule has 132 valence electrons. The average Bonchev–Trinajstić information content (AvgIpc) is 3.07. The zero-order chi connectivity index (χ0) is 16.4. The second-order valence-corrected chi connectivity index (χ2v) is 5.41. The smallest absolute Gasteiger partial charge is 0.374 e. The van der Waals surface area contributed by atoms with Crippen LogP contribution in [0.15, 0.2) is 12.4 Å². The summed E-state index contributed by atoms with van der Waals surface area (Å²) in [6.45, 7) is 0.428. The molecular formula is C13H20ClF3N4O2. The van der Waals surface area contributed by atoms with Crippen LogP contribution in [0.2, 0.25) is 0 Å². The number of aromatic nitrogens is 2. The van der Waals surface area contributed by atoms with Gasteiger partial charge in [-0.2, -0.15) is 13.2 Å². The van der Waals surface area contributed by atoms with Gasteiger partial charge in [-0.25, -0.2) is 4.98 Å². The van der Waals surface area contributed by atoms with Gasteiger partial charge in [0, 0.05) is 32.4 Å². The van der Waals surface area contributed by atoms with Crippen LogP contribution in [0.5, 0.6) is 0 Å². The predicted octanol–water partition coefficient (Wildman–Crippen LogP) is 0.850. The quantitative estimate of drug-likeness (QED) is 0.731. The van der Waals surface area contributed by atoms with Gasteiger partial charge in [0.15, 0.2) is 0 Å². The van der Waals surface area contributed by atoms with E-state index in [1.165, 1.54) is 19.4 Å². The largest absolute Gasteiger partial charge is 0.424 e. The van der Waals surface area contributed by atoms with E-state index >= 15 is 0 Å². The third kappa shape index (κ3) is 4.15. The summed E-state index contributed by atoms with van der Waals surface area (Å²) in [5, 5.41) is 15.5. The van der Waals surface area contributed by atoms with Crippen molar-refractivity contribution in [2.75, 3.05) is 13.1 Å². The molecule has 6 nitrogen and oxygen atoms in total. The molecule has 0 spiro atoms. The molecule has 1 aromatic rings. The van der Waals surface area contributed by atoms with Crippen LogP contribution < -0.4 is 10.6 Å². The van der Waals surface area contributed by atoms with E-state index in [2.05, 4.69) is 15.6 Å². The van der Waals surface area contributed by atoms with Gasteiger partial charge in [0.25, 0.3) is 0 Å². The van der Waals surface area contributed by atoms with E-state index in [0.717, 1.165) is 17.5 Å². The first kappa shape index (κ1) is 19.7. The van der Waals surface area contributed by atoms with E-state index in [1.807, 2.05) is 0 Å². The maximum absolute atomic E-state index is 13.2. The molecule has 1 amide bonds. The number of hydrogen-bond acceptors (Lipinski definition) is 4. The van der Waals surface area contributed by atoms with Gasteiger partial charge >= 0.3 is 6.18 Å². The van der Waals surface area contributed by atoms with Gasteiger partial charge in [-0.3, -0.25) is 4.79 Å². The molecule has 0 bridgehead atoms. The van der Waals surface area contributed by atoms with Crippen molar-refractivity contribution in [1.82, 2.24) is 20.2 Å². The Bertz CT molecular complexity index is 532. The van der Waals surface area contributed by atoms with Crippen molar-refractivity contribution >= 4 is 18.3 Å². The van der Waals surface area contributed by atoms with Gasteiger partial charge in [0.05, 0.1) is 6.04 Å². The zero-order valence-electron chi connectivity index (χ0n) is 12.6. The van der Waals surface area contributed by atoms with Crippen molar-refractivity contribution in [3.63, 3.8) is 0 Å². The van der Waals surface area contributed by atoms with Crippen LogP contribution in [0.3, 0.4) is 0 Å². The number of halogens is 4. The fourth-order valence-corrected chi connectivity index (χ4v) is 2.54. The first-order valence-electron chi connectivity index (χ1n) is 7.04. The fraction of sp³-hybridized carbons (Fsp3) is 0.692. The minimum absolute atomic E-state index is 0. The second kappa shape index (κ2) is 7.50. The molecule has 1 fully saturated rings. The van der Waals surface area contributed by atoms with Crippen molar-refractivity contribution < 1.29 is 23.1 Å². The van der Waals surface area contributed by atoms with Crippen molar-refractivity contribution in [2.24, 2.45) is 7.05 Å². The van der Waals surface area contributed by atoms with Crippen LogP contribution in [0.25, 0.3) is 0 Å². The highest BCUT2D eigenvalue weighted by Gasteiger charge is 2.57. The molecule has 2 heterocycles. The summed E-state index contributed by atoms with van der Waals surface area (Å²) < 4.78 is 40.9. The third-order valence-corrected chi connectivity index (χ3v) is 3.82. The number of imidazole rings is 1. The number of amides is 1. The number of nitrogens with zero attached hydrogens (tertiary/aromatic N) is 2. The molecule has 23 heavy (non-hydrogen) atoms. The van der Waals surface area contributed by atoms with Gasteiger partial charge in [-0.05, 0) is 19.4 Å². The van der Waals surface area contributed by atoms with Gasteiger partial charge in [-0.15, -0.1) is 12.4 Å². The molecule has 0 saturated carbocycles. The van der Waals surface area contributed by atoms with Gasteiger partial charge in [0.2, 0.25) is 11.5 Å². The summed E-state index contributed by atoms with van der Waals surface area (Å²) in [6, 6.07) is -0.368. The first-order chi connectivity index (χ1) is 10.3. The monoisotopic (exact) mass is 356 g/mol. The molecule has 1 saturated heterocycles. The second-order valence-electron chi connectivity index (χ2n) is 5.41. The van der Waals surface area contributed by atoms with Crippen LogP contribution in [0.4, 0.5) is 13.2 Å². The zero-order valence-corrected chi connectivity index (χ0v) is 13.4. The Morgan fingerprint density at radius 2 is 2.26 bits per heavy atom. The number of hydrogen-bond donors (Lipinski definition) is 3. The number of aryl methyl sites for hydroxylation is 1. The molecule has 0 aliphatic carbocycles. The van der Waals surface area contributed by atoms with E-state index in [-0.39, 0.29) is 30.9 Å². The van der Waals surface area contributed by atoms with Crippen LogP contribution in [-0.4, -0.2) is 45.9 Å². The van der Waals surface area contributed by atoms with Crippen LogP contribution in [0, 0.1) is 0 Å². The average molecular weight is 357 g/mol. The Hall–Kier alpha value is -1.32. The van der Waals surface area contributed by atoms with Gasteiger partial charge < -0.3 is 20.3 Å². The molecule has 2 atom stereocenters. The molecule has 0 aromatic carbocycles. The normalized spacial score (nSPS) is 20.7. The van der Waals surface area contributed by atoms with E-state index in [0.29, 0.717) is 6.42 Å². The highest BCUT2D eigenvalue weighted by atomic mass is 35.5. The topological polar surface area (TPSA) is 79.2 Å². The van der Waals surface area contributed by atoms with Gasteiger partial charge in [0.1, 0.15) is 5.82 Å². The molecule has 2 rings (SSSR count). The first-order valence-corrected chi connectivity index (χ1v) is 7.04. The molecule has 1 aliphatic heterocycles. The van der Waals surface area contributed by atoms with Crippen molar-refractivity contribution in [3.05, 3.63) is 18.2 Å². The Labute approximate surface area is 137 Å². The minimum atomic E-state index is -4.89. The SMILES string of the molecule is Cl.Cn1ccnc1C(O)(CCNC(=O)[C@@H]1CCCN1)C(F)(F)F. The number of rotatable bonds is 5. The lowest BCUT2D eigenvalue weighted by Gasteiger charge is -2.30. The Morgan fingerprint density at radius 1 is 1.57 bits per heavy atom. The number of carbonyl (C=O) groups excluding carboxylic acids is 1. The lowest BCUT2D eigenvalue weighted by molar-refractivity contribution is -0.272. The Kier molecular flexibility index (Phi) is 6.43. The molecule has 1 unspecified atom stereocenters. The van der Waals surface area contributed by atoms with Crippen molar-refractivity contribution in [2.45, 2.75) is 37.1 Å². The van der Waals surface area contributed by atoms with E-state index in [1.54, 1.807) is 0 Å². The van der Waals surface area contributed by atoms with Gasteiger partial charge in [-0.1, -0.05) is 0 Å². The van der Waals surface area contributed by atoms with E-state index < -0.39 is 24.0 Å². The highest BCUT2D eigenvalue weighted by Crippen LogP contribution is 2.40. The number of alkyl halides is 3. The van der Waals surface area contributed by atoms with Crippen LogP contribution >= 0.6 is 12.4 Å². The molecule has 3 N–H and O–H groups in total. The summed E-state index contributed by atoms with van der Waals surface area (Å²) in [7, 11) is 1.38. The fourth-order valence-electron chi connectivity index (χ4n) is 2.54. The summed E-state index contributed by atoms with van der Waals surface area (Å²) in [6.07, 6.45) is -1.55. The summed E-state index contributed by atoms with van der Waals surface area (Å²) in [5.74, 6) is -0.838. The van der Waals surface area contributed by atoms with Crippen LogP contribution in [-0.2, 0) is 17.4 Å². The minimum Gasteiger partial charge on any atom is -0.374 e. The van der Waals surface area contributed by atoms with Crippen LogP contribution in [0.1, 0.15) is 25.1 Å². The number of carbonyl (C=O) groups is 1. The molecule has 10 heteroatoms. The summed E-state index contributed by atoms with van der Waals surface area (Å²) >= 11 is 0. The maximum Gasteiger partial charge on any atom is 0.424 e. The lowest BCUT2D eigenvalue weighted by Crippen LogP contribution is -2.48. The standard InChI is InChI=1S/C13H19F3N4O2.ClH/c1-20-8-7-19-11(20)12(22,13(14,15)16)4-6-18-10(21)9-3-2-5-17-9;/h7-9,17,22H,2-6H2,1H3,(H,18,21);1H/t9-,12?;/m0./s1. The maximum atomic E-state index is 13.2.